The molecule has 4 rings (SSSR count). The minimum Gasteiger partial charge on any atom is -0.355 e. The van der Waals surface area contributed by atoms with Gasteiger partial charge in [-0.3, -0.25) is 14.4 Å². The second kappa shape index (κ2) is 8.82. The summed E-state index contributed by atoms with van der Waals surface area (Å²) in [4.78, 5) is 40.3. The SMILES string of the molecule is Cc1cc(C(=O)N2CCN(C(=O)CNC(=O)c3cc(-c4ccccc4)on3)CC2)on1. The number of aromatic nitrogens is 2. The van der Waals surface area contributed by atoms with E-state index in [-0.39, 0.29) is 29.8 Å². The standard InChI is InChI=1S/C21H21N5O5/c1-14-11-18(31-23-14)21(29)26-9-7-25(8-10-26)19(27)13-22-20(28)16-12-17(30-24-16)15-5-3-2-4-6-15/h2-6,11-12H,7-10,13H2,1H3,(H,22,28). The molecule has 1 fully saturated rings. The van der Waals surface area contributed by atoms with Crippen molar-refractivity contribution in [2.24, 2.45) is 0 Å². The van der Waals surface area contributed by atoms with Crippen molar-refractivity contribution < 1.29 is 23.4 Å². The zero-order valence-electron chi connectivity index (χ0n) is 16.9. The molecule has 31 heavy (non-hydrogen) atoms. The molecule has 3 aromatic rings. The summed E-state index contributed by atoms with van der Waals surface area (Å²) in [5, 5.41) is 10.1. The van der Waals surface area contributed by atoms with Gasteiger partial charge in [0.1, 0.15) is 0 Å². The summed E-state index contributed by atoms with van der Waals surface area (Å²) >= 11 is 0. The van der Waals surface area contributed by atoms with Crippen LogP contribution in [0.25, 0.3) is 11.3 Å². The van der Waals surface area contributed by atoms with Crippen LogP contribution in [-0.4, -0.2) is 70.6 Å². The van der Waals surface area contributed by atoms with Crippen LogP contribution >= 0.6 is 0 Å². The molecule has 10 nitrogen and oxygen atoms in total. The summed E-state index contributed by atoms with van der Waals surface area (Å²) in [7, 11) is 0. The molecule has 0 bridgehead atoms. The lowest BCUT2D eigenvalue weighted by atomic mass is 10.1. The van der Waals surface area contributed by atoms with Gasteiger partial charge in [0.2, 0.25) is 11.7 Å². The number of aryl methyl sites for hydroxylation is 1. The van der Waals surface area contributed by atoms with Gasteiger partial charge in [-0.15, -0.1) is 0 Å². The first kappa shape index (κ1) is 20.3. The Morgan fingerprint density at radius 2 is 1.68 bits per heavy atom. The third kappa shape index (κ3) is 4.63. The number of nitrogens with zero attached hydrogens (tertiary/aromatic N) is 4. The minimum atomic E-state index is -0.492. The van der Waals surface area contributed by atoms with Crippen LogP contribution < -0.4 is 5.32 Å². The van der Waals surface area contributed by atoms with Gasteiger partial charge in [-0.05, 0) is 6.92 Å². The third-order valence-electron chi connectivity index (χ3n) is 4.96. The molecule has 1 N–H and O–H groups in total. The summed E-state index contributed by atoms with van der Waals surface area (Å²) in [5.74, 6) is -0.315. The largest absolute Gasteiger partial charge is 0.355 e. The first-order valence-corrected chi connectivity index (χ1v) is 9.82. The summed E-state index contributed by atoms with van der Waals surface area (Å²) < 4.78 is 10.2. The Kier molecular flexibility index (Phi) is 5.78. The van der Waals surface area contributed by atoms with Crippen LogP contribution in [0.5, 0.6) is 0 Å². The van der Waals surface area contributed by atoms with E-state index in [1.54, 1.807) is 22.8 Å². The monoisotopic (exact) mass is 423 g/mol. The van der Waals surface area contributed by atoms with Crippen LogP contribution in [0.15, 0.2) is 51.5 Å². The molecule has 0 radical (unpaired) electrons. The van der Waals surface area contributed by atoms with Crippen molar-refractivity contribution in [2.75, 3.05) is 32.7 Å². The lowest BCUT2D eigenvalue weighted by Crippen LogP contribution is -2.52. The second-order valence-electron chi connectivity index (χ2n) is 7.13. The maximum absolute atomic E-state index is 12.4. The van der Waals surface area contributed by atoms with E-state index in [4.69, 9.17) is 9.05 Å². The molecule has 1 aromatic carbocycles. The van der Waals surface area contributed by atoms with Gasteiger partial charge in [0.25, 0.3) is 11.8 Å². The molecule has 0 unspecified atom stereocenters. The van der Waals surface area contributed by atoms with Gasteiger partial charge in [-0.1, -0.05) is 40.6 Å². The van der Waals surface area contributed by atoms with E-state index < -0.39 is 5.91 Å². The van der Waals surface area contributed by atoms with E-state index in [0.29, 0.717) is 37.6 Å². The van der Waals surface area contributed by atoms with Crippen LogP contribution in [0.2, 0.25) is 0 Å². The van der Waals surface area contributed by atoms with Crippen molar-refractivity contribution in [2.45, 2.75) is 6.92 Å². The van der Waals surface area contributed by atoms with Gasteiger partial charge >= 0.3 is 0 Å². The Morgan fingerprint density at radius 3 is 2.35 bits per heavy atom. The molecule has 1 aliphatic rings. The van der Waals surface area contributed by atoms with Crippen molar-refractivity contribution in [1.29, 1.82) is 0 Å². The number of benzene rings is 1. The molecule has 0 atom stereocenters. The number of rotatable bonds is 5. The average Bonchev–Trinajstić information content (AvgIpc) is 3.47. The molecular formula is C21H21N5O5. The number of hydrogen-bond donors (Lipinski definition) is 1. The second-order valence-corrected chi connectivity index (χ2v) is 7.13. The molecule has 1 saturated heterocycles. The molecule has 2 aromatic heterocycles. The Bertz CT molecular complexity index is 1080. The Balaban J connectivity index is 1.25. The van der Waals surface area contributed by atoms with Gasteiger partial charge in [0.15, 0.2) is 11.5 Å². The van der Waals surface area contributed by atoms with Gasteiger partial charge in [-0.25, -0.2) is 0 Å². The number of piperazine rings is 1. The van der Waals surface area contributed by atoms with Gasteiger partial charge in [0.05, 0.1) is 12.2 Å². The van der Waals surface area contributed by atoms with E-state index in [1.807, 2.05) is 30.3 Å². The fourth-order valence-electron chi connectivity index (χ4n) is 3.26. The van der Waals surface area contributed by atoms with Gasteiger partial charge in [-0.2, -0.15) is 0 Å². The van der Waals surface area contributed by atoms with Crippen LogP contribution in [0.3, 0.4) is 0 Å². The van der Waals surface area contributed by atoms with Crippen LogP contribution in [0.4, 0.5) is 0 Å². The Hall–Kier alpha value is -3.95. The molecule has 3 heterocycles. The van der Waals surface area contributed by atoms with Crippen molar-refractivity contribution in [3.63, 3.8) is 0 Å². The quantitative estimate of drug-likeness (QED) is 0.657. The highest BCUT2D eigenvalue weighted by Gasteiger charge is 2.27. The lowest BCUT2D eigenvalue weighted by Gasteiger charge is -2.34. The predicted octanol–water partition coefficient (Wildman–Crippen LogP) is 1.35. The topological polar surface area (TPSA) is 122 Å². The number of amides is 3. The van der Waals surface area contributed by atoms with E-state index >= 15 is 0 Å². The normalized spacial score (nSPS) is 13.8. The molecule has 160 valence electrons. The summed E-state index contributed by atoms with van der Waals surface area (Å²) in [5.41, 5.74) is 1.54. The third-order valence-corrected chi connectivity index (χ3v) is 4.96. The molecule has 0 saturated carbocycles. The van der Waals surface area contributed by atoms with Crippen LogP contribution in [0, 0.1) is 6.92 Å². The fraction of sp³-hybridized carbons (Fsp3) is 0.286. The average molecular weight is 423 g/mol. The summed E-state index contributed by atoms with van der Waals surface area (Å²) in [6, 6.07) is 12.4. The Morgan fingerprint density at radius 1 is 0.968 bits per heavy atom. The molecule has 1 aliphatic heterocycles. The predicted molar refractivity (Wildman–Crippen MR) is 108 cm³/mol. The van der Waals surface area contributed by atoms with E-state index in [2.05, 4.69) is 15.6 Å². The maximum Gasteiger partial charge on any atom is 0.292 e. The van der Waals surface area contributed by atoms with Crippen molar-refractivity contribution in [3.8, 4) is 11.3 Å². The number of hydrogen-bond acceptors (Lipinski definition) is 7. The first-order chi connectivity index (χ1) is 15.0. The fourth-order valence-corrected chi connectivity index (χ4v) is 3.26. The highest BCUT2D eigenvalue weighted by atomic mass is 16.5. The highest BCUT2D eigenvalue weighted by molar-refractivity contribution is 5.95. The lowest BCUT2D eigenvalue weighted by molar-refractivity contribution is -0.131. The highest BCUT2D eigenvalue weighted by Crippen LogP contribution is 2.19. The van der Waals surface area contributed by atoms with Gasteiger partial charge < -0.3 is 24.2 Å². The van der Waals surface area contributed by atoms with Crippen molar-refractivity contribution >= 4 is 17.7 Å². The van der Waals surface area contributed by atoms with Crippen LogP contribution in [0.1, 0.15) is 26.7 Å². The molecule has 0 aliphatic carbocycles. The van der Waals surface area contributed by atoms with Crippen molar-refractivity contribution in [1.82, 2.24) is 25.4 Å². The van der Waals surface area contributed by atoms with E-state index in [1.165, 1.54) is 6.07 Å². The van der Waals surface area contributed by atoms with E-state index in [0.717, 1.165) is 5.56 Å². The molecule has 10 heteroatoms. The van der Waals surface area contributed by atoms with E-state index in [9.17, 15) is 14.4 Å². The summed E-state index contributed by atoms with van der Waals surface area (Å²) in [6.45, 7) is 3.07. The smallest absolute Gasteiger partial charge is 0.292 e. The zero-order chi connectivity index (χ0) is 21.8. The number of carbonyl (C=O) groups excluding carboxylic acids is 3. The maximum atomic E-state index is 12.4. The molecular weight excluding hydrogens is 402 g/mol. The van der Waals surface area contributed by atoms with Crippen LogP contribution in [-0.2, 0) is 4.79 Å². The van der Waals surface area contributed by atoms with Gasteiger partial charge in [0, 0.05) is 43.9 Å². The number of nitrogens with one attached hydrogen (secondary N) is 1. The summed E-state index contributed by atoms with van der Waals surface area (Å²) in [6.07, 6.45) is 0. The molecule has 3 amide bonds. The Labute approximate surface area is 177 Å². The minimum absolute atomic E-state index is 0.101. The zero-order valence-corrected chi connectivity index (χ0v) is 16.9. The molecule has 0 spiro atoms. The first-order valence-electron chi connectivity index (χ1n) is 9.82. The number of carbonyl (C=O) groups is 3. The van der Waals surface area contributed by atoms with Crippen molar-refractivity contribution in [3.05, 3.63) is 59.6 Å².